The van der Waals surface area contributed by atoms with E-state index in [1.165, 1.54) is 24.3 Å². The molecule has 1 aliphatic heterocycles. The number of sulfonamides is 1. The lowest BCUT2D eigenvalue weighted by molar-refractivity contribution is -0.0672. The van der Waals surface area contributed by atoms with Crippen LogP contribution in [0.3, 0.4) is 0 Å². The van der Waals surface area contributed by atoms with Gasteiger partial charge in [-0.2, -0.15) is 0 Å². The van der Waals surface area contributed by atoms with E-state index in [1.54, 1.807) is 24.3 Å². The van der Waals surface area contributed by atoms with Crippen LogP contribution in [0.5, 0.6) is 5.75 Å². The fourth-order valence-electron chi connectivity index (χ4n) is 3.68. The molecule has 174 valence electrons. The van der Waals surface area contributed by atoms with Crippen LogP contribution in [-0.4, -0.2) is 64.2 Å². The molecule has 3 rings (SSSR count). The predicted molar refractivity (Wildman–Crippen MR) is 124 cm³/mol. The molecular weight excluding hydrogens is 430 g/mol. The number of carbonyl (C=O) groups is 1. The van der Waals surface area contributed by atoms with Crippen molar-refractivity contribution in [1.82, 2.24) is 10.2 Å². The molecule has 1 fully saturated rings. The number of nitrogens with one attached hydrogen (secondary N) is 2. The summed E-state index contributed by atoms with van der Waals surface area (Å²) in [6, 6.07) is 12.6. The van der Waals surface area contributed by atoms with Crippen molar-refractivity contribution in [2.75, 3.05) is 37.5 Å². The van der Waals surface area contributed by atoms with Crippen LogP contribution < -0.4 is 14.8 Å². The zero-order valence-electron chi connectivity index (χ0n) is 18.7. The van der Waals surface area contributed by atoms with Gasteiger partial charge in [0.25, 0.3) is 15.9 Å². The van der Waals surface area contributed by atoms with Gasteiger partial charge < -0.3 is 14.8 Å². The maximum Gasteiger partial charge on any atom is 0.261 e. The second-order valence-electron chi connectivity index (χ2n) is 7.86. The maximum absolute atomic E-state index is 12.6. The molecule has 1 aliphatic rings. The third-order valence-electron chi connectivity index (χ3n) is 5.05. The van der Waals surface area contributed by atoms with Gasteiger partial charge in [0.05, 0.1) is 23.7 Å². The molecule has 0 aromatic heterocycles. The quantitative estimate of drug-likeness (QED) is 0.596. The number of nitrogens with zero attached hydrogens (tertiary/aromatic N) is 1. The average molecular weight is 462 g/mol. The van der Waals surface area contributed by atoms with E-state index in [4.69, 9.17) is 9.47 Å². The van der Waals surface area contributed by atoms with Crippen molar-refractivity contribution in [2.45, 2.75) is 37.9 Å². The Labute approximate surface area is 190 Å². The number of hydrogen-bond acceptors (Lipinski definition) is 6. The summed E-state index contributed by atoms with van der Waals surface area (Å²) >= 11 is 0. The molecule has 9 heteroatoms. The first-order chi connectivity index (χ1) is 15.3. The molecule has 2 atom stereocenters. The summed E-state index contributed by atoms with van der Waals surface area (Å²) in [5.41, 5.74) is 0.843. The van der Waals surface area contributed by atoms with Crippen molar-refractivity contribution in [3.63, 3.8) is 0 Å². The Morgan fingerprint density at radius 2 is 1.69 bits per heavy atom. The summed E-state index contributed by atoms with van der Waals surface area (Å²) in [7, 11) is -3.76. The van der Waals surface area contributed by atoms with E-state index in [-0.39, 0.29) is 23.0 Å². The zero-order valence-corrected chi connectivity index (χ0v) is 19.5. The maximum atomic E-state index is 12.6. The van der Waals surface area contributed by atoms with Crippen molar-refractivity contribution in [1.29, 1.82) is 0 Å². The molecule has 2 N–H and O–H groups in total. The SMILES string of the molecule is CCOc1ccc(NS(=O)(=O)c2ccc(C(=O)NCCN3CC(C)OC(C)C3)cc2)cc1. The summed E-state index contributed by atoms with van der Waals surface area (Å²) in [5, 5.41) is 2.89. The standard InChI is InChI=1S/C23H31N3O5S/c1-4-30-21-9-7-20(8-10-21)25-32(28,29)22-11-5-19(6-12-22)23(27)24-13-14-26-15-17(2)31-18(3)16-26/h5-12,17-18,25H,4,13-16H2,1-3H3,(H,24,27). The Kier molecular flexibility index (Phi) is 8.11. The van der Waals surface area contributed by atoms with E-state index in [0.29, 0.717) is 30.2 Å². The van der Waals surface area contributed by atoms with Crippen LogP contribution in [0, 0.1) is 0 Å². The average Bonchev–Trinajstić information content (AvgIpc) is 2.74. The molecule has 1 amide bonds. The molecule has 0 saturated carbocycles. The predicted octanol–water partition coefficient (Wildman–Crippen LogP) is 2.73. The van der Waals surface area contributed by atoms with Crippen LogP contribution in [-0.2, 0) is 14.8 Å². The lowest BCUT2D eigenvalue weighted by Crippen LogP contribution is -2.47. The fraction of sp³-hybridized carbons (Fsp3) is 0.435. The Hall–Kier alpha value is -2.62. The molecule has 0 spiro atoms. The number of ether oxygens (including phenoxy) is 2. The van der Waals surface area contributed by atoms with Crippen LogP contribution >= 0.6 is 0 Å². The molecule has 2 aromatic rings. The van der Waals surface area contributed by atoms with Gasteiger partial charge in [0.15, 0.2) is 0 Å². The van der Waals surface area contributed by atoms with E-state index >= 15 is 0 Å². The lowest BCUT2D eigenvalue weighted by atomic mass is 10.2. The number of benzene rings is 2. The second-order valence-corrected chi connectivity index (χ2v) is 9.54. The minimum atomic E-state index is -3.76. The Bertz CT molecular complexity index is 983. The van der Waals surface area contributed by atoms with Crippen LogP contribution in [0.25, 0.3) is 0 Å². The summed E-state index contributed by atoms with van der Waals surface area (Å²) in [5.74, 6) is 0.436. The number of carbonyl (C=O) groups excluding carboxylic acids is 1. The Morgan fingerprint density at radius 1 is 1.06 bits per heavy atom. The van der Waals surface area contributed by atoms with Crippen LogP contribution in [0.4, 0.5) is 5.69 Å². The first kappa shape index (κ1) is 24.0. The van der Waals surface area contributed by atoms with Crippen LogP contribution in [0.2, 0.25) is 0 Å². The smallest absolute Gasteiger partial charge is 0.261 e. The fourth-order valence-corrected chi connectivity index (χ4v) is 4.74. The minimum Gasteiger partial charge on any atom is -0.494 e. The van der Waals surface area contributed by atoms with E-state index in [2.05, 4.69) is 14.9 Å². The highest BCUT2D eigenvalue weighted by Crippen LogP contribution is 2.20. The summed E-state index contributed by atoms with van der Waals surface area (Å²) in [4.78, 5) is 14.8. The second kappa shape index (κ2) is 10.8. The number of hydrogen-bond donors (Lipinski definition) is 2. The minimum absolute atomic E-state index is 0.0826. The monoisotopic (exact) mass is 461 g/mol. The van der Waals surface area contributed by atoms with E-state index in [0.717, 1.165) is 19.6 Å². The van der Waals surface area contributed by atoms with Gasteiger partial charge in [0, 0.05) is 37.4 Å². The largest absolute Gasteiger partial charge is 0.494 e. The highest BCUT2D eigenvalue weighted by Gasteiger charge is 2.22. The zero-order chi connectivity index (χ0) is 23.1. The summed E-state index contributed by atoms with van der Waals surface area (Å²) in [6.07, 6.45) is 0.361. The van der Waals surface area contributed by atoms with Gasteiger partial charge in [0.2, 0.25) is 0 Å². The molecule has 2 aromatic carbocycles. The lowest BCUT2D eigenvalue weighted by Gasteiger charge is -2.35. The number of morpholine rings is 1. The van der Waals surface area contributed by atoms with Crippen molar-refractivity contribution in [3.8, 4) is 5.75 Å². The van der Waals surface area contributed by atoms with Crippen LogP contribution in [0.15, 0.2) is 53.4 Å². The summed E-state index contributed by atoms with van der Waals surface area (Å²) in [6.45, 7) is 9.44. The van der Waals surface area contributed by atoms with Gasteiger partial charge in [-0.15, -0.1) is 0 Å². The molecule has 8 nitrogen and oxygen atoms in total. The van der Waals surface area contributed by atoms with Crippen molar-refractivity contribution >= 4 is 21.6 Å². The molecule has 1 heterocycles. The molecule has 1 saturated heterocycles. The number of amides is 1. The molecule has 0 bridgehead atoms. The van der Waals surface area contributed by atoms with Crippen molar-refractivity contribution in [3.05, 3.63) is 54.1 Å². The van der Waals surface area contributed by atoms with E-state index in [1.807, 2.05) is 20.8 Å². The third-order valence-corrected chi connectivity index (χ3v) is 6.45. The Morgan fingerprint density at radius 3 is 2.28 bits per heavy atom. The normalized spacial score (nSPS) is 19.3. The topological polar surface area (TPSA) is 97.0 Å². The Balaban J connectivity index is 1.53. The van der Waals surface area contributed by atoms with Gasteiger partial charge in [-0.05, 0) is 69.3 Å². The van der Waals surface area contributed by atoms with E-state index < -0.39 is 10.0 Å². The third kappa shape index (κ3) is 6.69. The van der Waals surface area contributed by atoms with Gasteiger partial charge >= 0.3 is 0 Å². The molecule has 0 aliphatic carbocycles. The highest BCUT2D eigenvalue weighted by molar-refractivity contribution is 7.92. The number of anilines is 1. The van der Waals surface area contributed by atoms with Gasteiger partial charge in [-0.1, -0.05) is 0 Å². The van der Waals surface area contributed by atoms with Gasteiger partial charge in [-0.3, -0.25) is 14.4 Å². The van der Waals surface area contributed by atoms with Gasteiger partial charge in [-0.25, -0.2) is 8.42 Å². The van der Waals surface area contributed by atoms with Gasteiger partial charge in [0.1, 0.15) is 5.75 Å². The molecule has 0 radical (unpaired) electrons. The van der Waals surface area contributed by atoms with E-state index in [9.17, 15) is 13.2 Å². The highest BCUT2D eigenvalue weighted by atomic mass is 32.2. The number of rotatable bonds is 9. The molecule has 2 unspecified atom stereocenters. The first-order valence-electron chi connectivity index (χ1n) is 10.8. The molecule has 32 heavy (non-hydrogen) atoms. The van der Waals surface area contributed by atoms with Crippen molar-refractivity contribution in [2.24, 2.45) is 0 Å². The molecular formula is C23H31N3O5S. The first-order valence-corrected chi connectivity index (χ1v) is 12.3. The summed E-state index contributed by atoms with van der Waals surface area (Å²) < 4.78 is 38.9. The van der Waals surface area contributed by atoms with Crippen LogP contribution in [0.1, 0.15) is 31.1 Å². The van der Waals surface area contributed by atoms with Crippen molar-refractivity contribution < 1.29 is 22.7 Å².